The highest BCUT2D eigenvalue weighted by molar-refractivity contribution is 5.87. The molecule has 2 atom stereocenters. The Morgan fingerprint density at radius 3 is 1.95 bits per heavy atom. The van der Waals surface area contributed by atoms with Gasteiger partial charge in [-0.2, -0.15) is 0 Å². The van der Waals surface area contributed by atoms with Crippen LogP contribution in [0.3, 0.4) is 0 Å². The lowest BCUT2D eigenvalue weighted by Crippen LogP contribution is -2.48. The average molecular weight is 606 g/mol. The van der Waals surface area contributed by atoms with Crippen molar-refractivity contribution in [1.82, 2.24) is 26.6 Å². The van der Waals surface area contributed by atoms with Gasteiger partial charge in [-0.15, -0.1) is 0 Å². The zero-order valence-corrected chi connectivity index (χ0v) is 26.4. The number of rotatable bonds is 27. The van der Waals surface area contributed by atoms with Gasteiger partial charge in [0.25, 0.3) is 0 Å². The maximum absolute atomic E-state index is 12.9. The molecular weight excluding hydrogens is 546 g/mol. The number of carbonyl (C=O) groups is 3. The van der Waals surface area contributed by atoms with Crippen molar-refractivity contribution in [3.05, 3.63) is 29.8 Å². The number of unbranched alkanes of at least 4 members (excludes halogenated alkanes) is 5. The molecule has 0 spiro atoms. The first-order valence-corrected chi connectivity index (χ1v) is 16.4. The summed E-state index contributed by atoms with van der Waals surface area (Å²) in [5, 5.41) is 25.1. The molecular formula is C32H59N7O4. The van der Waals surface area contributed by atoms with Crippen molar-refractivity contribution in [2.45, 2.75) is 102 Å². The second kappa shape index (κ2) is 25.7. The van der Waals surface area contributed by atoms with Gasteiger partial charge in [0.1, 0.15) is 11.8 Å². The summed E-state index contributed by atoms with van der Waals surface area (Å²) in [5.74, 6) is -0.211. The number of amides is 3. The van der Waals surface area contributed by atoms with Gasteiger partial charge in [-0.1, -0.05) is 44.7 Å². The predicted octanol–water partition coefficient (Wildman–Crippen LogP) is 1.82. The normalized spacial score (nSPS) is 12.4. The van der Waals surface area contributed by atoms with E-state index in [1.54, 1.807) is 24.3 Å². The third kappa shape index (κ3) is 20.8. The number of phenolic OH excluding ortho intramolecular Hbond substituents is 1. The number of hydrogen-bond donors (Lipinski definition) is 8. The molecule has 1 rings (SSSR count). The number of phenols is 1. The van der Waals surface area contributed by atoms with E-state index in [4.69, 9.17) is 11.5 Å². The molecule has 0 aliphatic rings. The summed E-state index contributed by atoms with van der Waals surface area (Å²) >= 11 is 0. The molecule has 11 heteroatoms. The highest BCUT2D eigenvalue weighted by atomic mass is 16.3. The van der Waals surface area contributed by atoms with Crippen molar-refractivity contribution in [2.75, 3.05) is 45.8 Å². The van der Waals surface area contributed by atoms with E-state index in [9.17, 15) is 19.5 Å². The molecule has 0 bridgehead atoms. The third-order valence-corrected chi connectivity index (χ3v) is 7.21. The van der Waals surface area contributed by atoms with Crippen LogP contribution < -0.4 is 38.1 Å². The monoisotopic (exact) mass is 605 g/mol. The molecule has 0 aliphatic carbocycles. The molecule has 3 amide bonds. The fraction of sp³-hybridized carbons (Fsp3) is 0.719. The SMILES string of the molecule is CCCCCCC(=O)N[C@@H](Cc1ccc(O)cc1)C(=O)NCCCNCCCCNCCCNC(=O)[C@@H](N)CCCCN. The molecule has 0 aromatic heterocycles. The number of aromatic hydroxyl groups is 1. The number of nitrogens with one attached hydrogen (secondary N) is 5. The van der Waals surface area contributed by atoms with E-state index < -0.39 is 12.1 Å². The first kappa shape index (κ1) is 38.3. The second-order valence-electron chi connectivity index (χ2n) is 11.2. The lowest BCUT2D eigenvalue weighted by Gasteiger charge is -2.19. The maximum atomic E-state index is 12.9. The minimum Gasteiger partial charge on any atom is -0.508 e. The minimum atomic E-state index is -0.649. The number of carbonyl (C=O) groups excluding carboxylic acids is 3. The van der Waals surface area contributed by atoms with Crippen molar-refractivity contribution in [2.24, 2.45) is 11.5 Å². The highest BCUT2D eigenvalue weighted by Crippen LogP contribution is 2.12. The van der Waals surface area contributed by atoms with Crippen LogP contribution in [-0.4, -0.2) is 80.7 Å². The van der Waals surface area contributed by atoms with Gasteiger partial charge in [0.15, 0.2) is 0 Å². The van der Waals surface area contributed by atoms with Crippen LogP contribution in [0.25, 0.3) is 0 Å². The Morgan fingerprint density at radius 1 is 0.744 bits per heavy atom. The zero-order valence-electron chi connectivity index (χ0n) is 26.4. The van der Waals surface area contributed by atoms with Crippen LogP contribution in [0.15, 0.2) is 24.3 Å². The summed E-state index contributed by atoms with van der Waals surface area (Å²) in [5.41, 5.74) is 12.2. The van der Waals surface area contributed by atoms with Gasteiger partial charge in [0.2, 0.25) is 17.7 Å². The van der Waals surface area contributed by atoms with Crippen LogP contribution in [0.1, 0.15) is 89.5 Å². The summed E-state index contributed by atoms with van der Waals surface area (Å²) in [7, 11) is 0. The van der Waals surface area contributed by atoms with E-state index in [0.29, 0.717) is 38.9 Å². The Hall–Kier alpha value is -2.73. The molecule has 0 aliphatic heterocycles. The Morgan fingerprint density at radius 2 is 1.35 bits per heavy atom. The molecule has 0 fully saturated rings. The number of benzene rings is 1. The van der Waals surface area contributed by atoms with Gasteiger partial charge in [-0.25, -0.2) is 0 Å². The number of hydrogen-bond acceptors (Lipinski definition) is 8. The molecule has 1 aromatic rings. The van der Waals surface area contributed by atoms with Gasteiger partial charge in [-0.05, 0) is 95.4 Å². The summed E-state index contributed by atoms with van der Waals surface area (Å²) in [6.07, 6.45) is 11.0. The van der Waals surface area contributed by atoms with Crippen molar-refractivity contribution in [3.63, 3.8) is 0 Å². The van der Waals surface area contributed by atoms with Crippen molar-refractivity contribution < 1.29 is 19.5 Å². The standard InChI is InChI=1S/C32H59N7O4/c1-2-3-4-5-13-30(41)39-29(25-26-14-16-27(40)17-15-26)32(43)38-24-11-22-36-20-9-8-19-35-21-10-23-37-31(42)28(34)12-6-7-18-33/h14-17,28-29,35-36,40H,2-13,18-25,33-34H2,1H3,(H,37,42)(H,38,43)(H,39,41)/t28-,29-/m0/s1. The smallest absolute Gasteiger partial charge is 0.242 e. The first-order valence-electron chi connectivity index (χ1n) is 16.4. The van der Waals surface area contributed by atoms with Crippen LogP contribution >= 0.6 is 0 Å². The Bertz CT molecular complexity index is 870. The molecule has 0 heterocycles. The quantitative estimate of drug-likeness (QED) is 0.0698. The van der Waals surface area contributed by atoms with Gasteiger partial charge in [-0.3, -0.25) is 14.4 Å². The van der Waals surface area contributed by atoms with Crippen LogP contribution in [0.4, 0.5) is 0 Å². The van der Waals surface area contributed by atoms with E-state index in [-0.39, 0.29) is 23.5 Å². The molecule has 0 radical (unpaired) electrons. The van der Waals surface area contributed by atoms with E-state index in [2.05, 4.69) is 33.5 Å². The Labute approximate surface area is 259 Å². The van der Waals surface area contributed by atoms with Crippen molar-refractivity contribution in [3.8, 4) is 5.75 Å². The predicted molar refractivity (Wildman–Crippen MR) is 174 cm³/mol. The molecule has 1 aromatic carbocycles. The van der Waals surface area contributed by atoms with Gasteiger partial charge >= 0.3 is 0 Å². The van der Waals surface area contributed by atoms with Crippen molar-refractivity contribution in [1.29, 1.82) is 0 Å². The highest BCUT2D eigenvalue weighted by Gasteiger charge is 2.21. The largest absolute Gasteiger partial charge is 0.508 e. The molecule has 10 N–H and O–H groups in total. The Kier molecular flexibility index (Phi) is 22.9. The van der Waals surface area contributed by atoms with Crippen molar-refractivity contribution >= 4 is 17.7 Å². The molecule has 246 valence electrons. The summed E-state index contributed by atoms with van der Waals surface area (Å²) in [6.45, 7) is 7.40. The first-order chi connectivity index (χ1) is 20.9. The topological polar surface area (TPSA) is 184 Å². The van der Waals surface area contributed by atoms with Crippen LogP contribution in [0.2, 0.25) is 0 Å². The van der Waals surface area contributed by atoms with Gasteiger partial charge in [0, 0.05) is 25.9 Å². The zero-order chi connectivity index (χ0) is 31.5. The molecule has 0 saturated carbocycles. The van der Waals surface area contributed by atoms with Gasteiger partial charge < -0.3 is 43.2 Å². The molecule has 43 heavy (non-hydrogen) atoms. The van der Waals surface area contributed by atoms with E-state index in [1.165, 1.54) is 0 Å². The van der Waals surface area contributed by atoms with E-state index in [1.807, 2.05) is 0 Å². The lowest BCUT2D eigenvalue weighted by molar-refractivity contribution is -0.129. The van der Waals surface area contributed by atoms with Crippen LogP contribution in [0.5, 0.6) is 5.75 Å². The molecule has 0 saturated heterocycles. The Balaban J connectivity index is 2.13. The second-order valence-corrected chi connectivity index (χ2v) is 11.2. The summed E-state index contributed by atoms with van der Waals surface area (Å²) in [4.78, 5) is 37.3. The summed E-state index contributed by atoms with van der Waals surface area (Å²) in [6, 6.07) is 5.62. The lowest BCUT2D eigenvalue weighted by atomic mass is 10.0. The van der Waals surface area contributed by atoms with E-state index >= 15 is 0 Å². The fourth-order valence-corrected chi connectivity index (χ4v) is 4.55. The third-order valence-electron chi connectivity index (χ3n) is 7.21. The fourth-order valence-electron chi connectivity index (χ4n) is 4.55. The number of nitrogens with two attached hydrogens (primary N) is 2. The molecule has 0 unspecified atom stereocenters. The maximum Gasteiger partial charge on any atom is 0.242 e. The van der Waals surface area contributed by atoms with Crippen LogP contribution in [-0.2, 0) is 20.8 Å². The van der Waals surface area contributed by atoms with Gasteiger partial charge in [0.05, 0.1) is 6.04 Å². The molecule has 11 nitrogen and oxygen atoms in total. The summed E-state index contributed by atoms with van der Waals surface area (Å²) < 4.78 is 0. The minimum absolute atomic E-state index is 0.0866. The van der Waals surface area contributed by atoms with Crippen LogP contribution in [0, 0.1) is 0 Å². The average Bonchev–Trinajstić information content (AvgIpc) is 3.00. The van der Waals surface area contributed by atoms with E-state index in [0.717, 1.165) is 96.0 Å².